The molecular formula is C46H49BrO8. The molecular weight excluding hydrogens is 760 g/mol. The lowest BCUT2D eigenvalue weighted by Gasteiger charge is -2.45. The number of carbonyl (C=O) groups is 1. The molecule has 5 aromatic carbocycles. The third-order valence-corrected chi connectivity index (χ3v) is 10.1. The average Bonchev–Trinajstić information content (AvgIpc) is 3.16. The summed E-state index contributed by atoms with van der Waals surface area (Å²) in [6, 6.07) is 40.1. The lowest BCUT2D eigenvalue weighted by atomic mass is 9.97. The molecule has 0 N–H and O–H groups in total. The first-order chi connectivity index (χ1) is 26.7. The summed E-state index contributed by atoms with van der Waals surface area (Å²) in [6.45, 7) is 9.43. The molecule has 0 radical (unpaired) electrons. The molecule has 6 rings (SSSR count). The maximum Gasteiger partial charge on any atom is 0.511 e. The van der Waals surface area contributed by atoms with Gasteiger partial charge in [0.1, 0.15) is 31.0 Å². The summed E-state index contributed by atoms with van der Waals surface area (Å²) in [6.07, 6.45) is -5.17. The first kappa shape index (κ1) is 40.3. The van der Waals surface area contributed by atoms with E-state index in [-0.39, 0.29) is 26.4 Å². The predicted octanol–water partition coefficient (Wildman–Crippen LogP) is 10.0. The van der Waals surface area contributed by atoms with Crippen LogP contribution >= 0.6 is 15.9 Å². The summed E-state index contributed by atoms with van der Waals surface area (Å²) >= 11 is 3.52. The fourth-order valence-electron chi connectivity index (χ4n) is 6.63. The lowest BCUT2D eigenvalue weighted by Crippen LogP contribution is -2.62. The minimum Gasteiger partial charge on any atom is -0.429 e. The smallest absolute Gasteiger partial charge is 0.429 e. The quantitative estimate of drug-likeness (QED) is 0.0912. The van der Waals surface area contributed by atoms with E-state index >= 15 is 0 Å². The van der Waals surface area contributed by atoms with Crippen LogP contribution in [0.4, 0.5) is 4.79 Å². The van der Waals surface area contributed by atoms with Gasteiger partial charge in [0.15, 0.2) is 0 Å². The zero-order valence-electron chi connectivity index (χ0n) is 31.8. The van der Waals surface area contributed by atoms with Crippen molar-refractivity contribution < 1.29 is 38.0 Å². The van der Waals surface area contributed by atoms with E-state index in [1.807, 2.05) is 112 Å². The van der Waals surface area contributed by atoms with Crippen molar-refractivity contribution in [3.05, 3.63) is 176 Å². The van der Waals surface area contributed by atoms with E-state index < -0.39 is 36.9 Å². The number of aryl methyl sites for hydroxylation is 4. The van der Waals surface area contributed by atoms with Gasteiger partial charge in [0.2, 0.25) is 6.29 Å². The fraction of sp³-hybridized carbons (Fsp3) is 0.326. The van der Waals surface area contributed by atoms with E-state index in [9.17, 15) is 4.79 Å². The Bertz CT molecular complexity index is 2000. The molecule has 1 fully saturated rings. The van der Waals surface area contributed by atoms with Crippen LogP contribution in [0.25, 0.3) is 0 Å². The van der Waals surface area contributed by atoms with Gasteiger partial charge in [-0.2, -0.15) is 0 Å². The number of benzene rings is 5. The number of ether oxygens (including phenoxy) is 7. The van der Waals surface area contributed by atoms with Crippen LogP contribution in [-0.2, 0) is 66.2 Å². The zero-order valence-corrected chi connectivity index (χ0v) is 33.4. The van der Waals surface area contributed by atoms with Crippen molar-refractivity contribution in [1.82, 2.24) is 0 Å². The van der Waals surface area contributed by atoms with Crippen molar-refractivity contribution in [3.63, 3.8) is 0 Å². The van der Waals surface area contributed by atoms with Crippen LogP contribution in [-0.4, -0.2) is 43.5 Å². The summed E-state index contributed by atoms with van der Waals surface area (Å²) in [7, 11) is 0. The number of carbonyl (C=O) groups excluding carboxylic acids is 1. The molecule has 1 heterocycles. The van der Waals surface area contributed by atoms with E-state index in [1.165, 1.54) is 0 Å². The Balaban J connectivity index is 1.32. The Morgan fingerprint density at radius 3 is 1.55 bits per heavy atom. The minimum absolute atomic E-state index is 0.000337. The van der Waals surface area contributed by atoms with E-state index in [0.717, 1.165) is 54.5 Å². The second-order valence-corrected chi connectivity index (χ2v) is 14.9. The van der Waals surface area contributed by atoms with Crippen molar-refractivity contribution in [3.8, 4) is 0 Å². The SMILES string of the molecule is Cc1cccc(COC[C@H]2O[C@H](OC(=O)OCc3ccccc3Br)[C@H](OCc3cccc(C)c3)[C@@H](OCc3cccc(C)c3)[C@@H]2OCc2cccc(C)c2)c1. The Labute approximate surface area is 332 Å². The van der Waals surface area contributed by atoms with Gasteiger partial charge < -0.3 is 33.2 Å². The van der Waals surface area contributed by atoms with Crippen LogP contribution in [0, 0.1) is 27.7 Å². The highest BCUT2D eigenvalue weighted by atomic mass is 79.9. The van der Waals surface area contributed by atoms with Crippen LogP contribution in [0.2, 0.25) is 0 Å². The Kier molecular flexibility index (Phi) is 14.7. The van der Waals surface area contributed by atoms with Gasteiger partial charge in [-0.1, -0.05) is 153 Å². The Morgan fingerprint density at radius 2 is 1.04 bits per heavy atom. The van der Waals surface area contributed by atoms with Gasteiger partial charge in [0, 0.05) is 10.0 Å². The third kappa shape index (κ3) is 12.1. The van der Waals surface area contributed by atoms with Crippen LogP contribution < -0.4 is 0 Å². The molecule has 0 aromatic heterocycles. The largest absolute Gasteiger partial charge is 0.511 e. The molecule has 55 heavy (non-hydrogen) atoms. The monoisotopic (exact) mass is 808 g/mol. The molecule has 0 bridgehead atoms. The van der Waals surface area contributed by atoms with Crippen molar-refractivity contribution in [2.75, 3.05) is 6.61 Å². The molecule has 5 aromatic rings. The predicted molar refractivity (Wildman–Crippen MR) is 214 cm³/mol. The van der Waals surface area contributed by atoms with Gasteiger partial charge in [-0.3, -0.25) is 0 Å². The average molecular weight is 810 g/mol. The number of rotatable bonds is 16. The molecule has 0 aliphatic carbocycles. The van der Waals surface area contributed by atoms with Crippen molar-refractivity contribution in [1.29, 1.82) is 0 Å². The van der Waals surface area contributed by atoms with Crippen LogP contribution in [0.1, 0.15) is 50.1 Å². The van der Waals surface area contributed by atoms with Crippen molar-refractivity contribution in [2.24, 2.45) is 0 Å². The molecule has 9 heteroatoms. The minimum atomic E-state index is -1.22. The van der Waals surface area contributed by atoms with Crippen molar-refractivity contribution >= 4 is 22.1 Å². The van der Waals surface area contributed by atoms with Gasteiger partial charge >= 0.3 is 6.16 Å². The van der Waals surface area contributed by atoms with Gasteiger partial charge in [0.05, 0.1) is 33.0 Å². The summed E-state index contributed by atoms with van der Waals surface area (Å²) in [5.74, 6) is 0. The van der Waals surface area contributed by atoms with Crippen LogP contribution in [0.5, 0.6) is 0 Å². The van der Waals surface area contributed by atoms with E-state index in [4.69, 9.17) is 33.2 Å². The molecule has 0 unspecified atom stereocenters. The highest BCUT2D eigenvalue weighted by molar-refractivity contribution is 9.10. The van der Waals surface area contributed by atoms with Crippen molar-refractivity contribution in [2.45, 2.75) is 91.4 Å². The highest BCUT2D eigenvalue weighted by Crippen LogP contribution is 2.32. The molecule has 0 spiro atoms. The summed E-state index contributed by atoms with van der Waals surface area (Å²) in [4.78, 5) is 13.4. The maximum atomic E-state index is 13.4. The topological polar surface area (TPSA) is 81.7 Å². The summed E-state index contributed by atoms with van der Waals surface area (Å²) < 4.78 is 45.7. The van der Waals surface area contributed by atoms with Gasteiger partial charge in [-0.15, -0.1) is 0 Å². The number of hydrogen-bond acceptors (Lipinski definition) is 8. The van der Waals surface area contributed by atoms with Gasteiger partial charge in [0.25, 0.3) is 0 Å². The second kappa shape index (κ2) is 20.0. The highest BCUT2D eigenvalue weighted by Gasteiger charge is 2.50. The standard InChI is InChI=1S/C46H49BrO8/c1-31-11-7-15-35(21-31)25-49-30-41-42(50-26-36-16-8-12-32(2)22-36)43(51-27-37-17-9-13-33(3)23-37)44(52-28-38-18-10-14-34(4)24-38)45(54-41)55-46(48)53-29-39-19-5-6-20-40(39)47/h5-24,41-45H,25-30H2,1-4H3/t41-,42-,43+,44-,45-/m1/s1. The van der Waals surface area contributed by atoms with Crippen LogP contribution in [0.15, 0.2) is 126 Å². The summed E-state index contributed by atoms with van der Waals surface area (Å²) in [5.41, 5.74) is 9.24. The van der Waals surface area contributed by atoms with Crippen LogP contribution in [0.3, 0.4) is 0 Å². The normalized spacial score (nSPS) is 19.5. The Morgan fingerprint density at radius 1 is 0.564 bits per heavy atom. The molecule has 0 amide bonds. The van der Waals surface area contributed by atoms with E-state index in [0.29, 0.717) is 13.2 Å². The number of halogens is 1. The molecule has 8 nitrogen and oxygen atoms in total. The molecule has 288 valence electrons. The molecule has 1 aliphatic heterocycles. The second-order valence-electron chi connectivity index (χ2n) is 14.1. The zero-order chi connectivity index (χ0) is 38.6. The maximum absolute atomic E-state index is 13.4. The van der Waals surface area contributed by atoms with E-state index in [1.54, 1.807) is 0 Å². The molecule has 0 saturated carbocycles. The molecule has 5 atom stereocenters. The lowest BCUT2D eigenvalue weighted by molar-refractivity contribution is -0.318. The molecule has 1 saturated heterocycles. The third-order valence-electron chi connectivity index (χ3n) is 9.32. The summed E-state index contributed by atoms with van der Waals surface area (Å²) in [5, 5.41) is 0. The van der Waals surface area contributed by atoms with Gasteiger partial charge in [-0.25, -0.2) is 4.79 Å². The van der Waals surface area contributed by atoms with E-state index in [2.05, 4.69) is 53.2 Å². The first-order valence-electron chi connectivity index (χ1n) is 18.6. The fourth-order valence-corrected chi connectivity index (χ4v) is 7.03. The number of hydrogen-bond donors (Lipinski definition) is 0. The Hall–Kier alpha value is -4.35. The first-order valence-corrected chi connectivity index (χ1v) is 19.4. The molecule has 1 aliphatic rings. The van der Waals surface area contributed by atoms with Gasteiger partial charge in [-0.05, 0) is 56.0 Å².